The van der Waals surface area contributed by atoms with Crippen LogP contribution in [0.3, 0.4) is 0 Å². The molecule has 0 aliphatic carbocycles. The van der Waals surface area contributed by atoms with Crippen molar-refractivity contribution < 1.29 is 17.9 Å². The maximum atomic E-state index is 12.7. The molecule has 0 fully saturated rings. The van der Waals surface area contributed by atoms with Crippen molar-refractivity contribution in [2.75, 3.05) is 11.5 Å². The van der Waals surface area contributed by atoms with Gasteiger partial charge >= 0.3 is 0 Å². The molecule has 1 aliphatic heterocycles. The smallest absolute Gasteiger partial charge is 0.265 e. The summed E-state index contributed by atoms with van der Waals surface area (Å²) in [7, 11) is -3.55. The molecule has 28 heavy (non-hydrogen) atoms. The van der Waals surface area contributed by atoms with Crippen LogP contribution in [0.25, 0.3) is 0 Å². The minimum absolute atomic E-state index is 0.0904. The predicted octanol–water partition coefficient (Wildman–Crippen LogP) is 3.12. The van der Waals surface area contributed by atoms with Crippen molar-refractivity contribution in [2.24, 2.45) is 0 Å². The van der Waals surface area contributed by atoms with Crippen LogP contribution in [0.2, 0.25) is 0 Å². The maximum absolute atomic E-state index is 12.7. The van der Waals surface area contributed by atoms with Gasteiger partial charge in [0.05, 0.1) is 4.90 Å². The van der Waals surface area contributed by atoms with Crippen LogP contribution in [0.5, 0.6) is 5.75 Å². The van der Waals surface area contributed by atoms with Gasteiger partial charge in [0.15, 0.2) is 6.61 Å². The van der Waals surface area contributed by atoms with Crippen LogP contribution < -0.4 is 14.4 Å². The highest BCUT2D eigenvalue weighted by molar-refractivity contribution is 7.89. The van der Waals surface area contributed by atoms with Gasteiger partial charge in [0.1, 0.15) is 5.75 Å². The summed E-state index contributed by atoms with van der Waals surface area (Å²) in [5.41, 5.74) is 2.09. The molecule has 0 saturated heterocycles. The lowest BCUT2D eigenvalue weighted by atomic mass is 10.1. The molecule has 7 heteroatoms. The number of para-hydroxylation sites is 1. The third-order valence-corrected chi connectivity index (χ3v) is 6.55. The second-order valence-electron chi connectivity index (χ2n) is 7.14. The van der Waals surface area contributed by atoms with Gasteiger partial charge in [0, 0.05) is 17.8 Å². The molecule has 2 aromatic rings. The fourth-order valence-electron chi connectivity index (χ4n) is 3.29. The van der Waals surface area contributed by atoms with Crippen molar-refractivity contribution in [3.8, 4) is 5.75 Å². The highest BCUT2D eigenvalue weighted by atomic mass is 32.2. The first-order chi connectivity index (χ1) is 13.3. The van der Waals surface area contributed by atoms with E-state index in [-0.39, 0.29) is 29.5 Å². The molecule has 2 aromatic carbocycles. The Kier molecular flexibility index (Phi) is 6.05. The molecule has 2 atom stereocenters. The second kappa shape index (κ2) is 8.32. The summed E-state index contributed by atoms with van der Waals surface area (Å²) < 4.78 is 32.8. The van der Waals surface area contributed by atoms with Gasteiger partial charge in [-0.15, -0.1) is 0 Å². The van der Waals surface area contributed by atoms with Gasteiger partial charge in [-0.25, -0.2) is 13.1 Å². The van der Waals surface area contributed by atoms with Crippen molar-refractivity contribution in [2.45, 2.75) is 50.6 Å². The van der Waals surface area contributed by atoms with E-state index in [1.165, 1.54) is 12.1 Å². The molecule has 1 N–H and O–H groups in total. The quantitative estimate of drug-likeness (QED) is 0.772. The average molecular weight is 403 g/mol. The topological polar surface area (TPSA) is 75.7 Å². The van der Waals surface area contributed by atoms with Gasteiger partial charge in [0.2, 0.25) is 10.0 Å². The molecule has 0 aromatic heterocycles. The normalized spacial score (nSPS) is 17.2. The van der Waals surface area contributed by atoms with E-state index in [4.69, 9.17) is 4.74 Å². The van der Waals surface area contributed by atoms with Gasteiger partial charge in [-0.3, -0.25) is 4.79 Å². The zero-order valence-electron chi connectivity index (χ0n) is 16.4. The number of nitrogens with one attached hydrogen (secondary N) is 1. The van der Waals surface area contributed by atoms with Crippen LogP contribution in [0.15, 0.2) is 53.4 Å². The van der Waals surface area contributed by atoms with Crippen molar-refractivity contribution in [3.63, 3.8) is 0 Å². The standard InChI is InChI=1S/C21H26N2O4S/c1-4-15(2)22-28(25,26)19-11-9-18(10-12-19)27-14-21(24)23-16(3)13-17-7-5-6-8-20(17)23/h5-12,15-16,22H,4,13-14H2,1-3H3/t15-,16+/m1/s1. The number of benzene rings is 2. The number of carbonyl (C=O) groups excluding carboxylic acids is 1. The Balaban J connectivity index is 1.63. The van der Waals surface area contributed by atoms with E-state index in [9.17, 15) is 13.2 Å². The number of anilines is 1. The summed E-state index contributed by atoms with van der Waals surface area (Å²) in [5, 5.41) is 0. The molecular formula is C21H26N2O4S. The highest BCUT2D eigenvalue weighted by Crippen LogP contribution is 2.31. The van der Waals surface area contributed by atoms with E-state index in [2.05, 4.69) is 4.72 Å². The van der Waals surface area contributed by atoms with Crippen LogP contribution in [-0.2, 0) is 21.2 Å². The van der Waals surface area contributed by atoms with Gasteiger partial charge in [-0.2, -0.15) is 0 Å². The van der Waals surface area contributed by atoms with Crippen LogP contribution in [0, 0.1) is 0 Å². The molecule has 0 saturated carbocycles. The minimum atomic E-state index is -3.55. The summed E-state index contributed by atoms with van der Waals surface area (Å²) in [4.78, 5) is 14.6. The van der Waals surface area contributed by atoms with Crippen LogP contribution >= 0.6 is 0 Å². The van der Waals surface area contributed by atoms with Crippen molar-refractivity contribution in [1.29, 1.82) is 0 Å². The lowest BCUT2D eigenvalue weighted by Gasteiger charge is -2.22. The number of sulfonamides is 1. The van der Waals surface area contributed by atoms with E-state index >= 15 is 0 Å². The Morgan fingerprint density at radius 1 is 1.21 bits per heavy atom. The van der Waals surface area contributed by atoms with Crippen LogP contribution in [-0.4, -0.2) is 33.0 Å². The zero-order chi connectivity index (χ0) is 20.3. The SMILES string of the molecule is CC[C@@H](C)NS(=O)(=O)c1ccc(OCC(=O)N2c3ccccc3C[C@@H]2C)cc1. The number of amides is 1. The molecule has 1 heterocycles. The molecule has 0 radical (unpaired) electrons. The average Bonchev–Trinajstić information content (AvgIpc) is 3.01. The Bertz CT molecular complexity index is 941. The molecule has 0 unspecified atom stereocenters. The number of ether oxygens (including phenoxy) is 1. The van der Waals surface area contributed by atoms with Gasteiger partial charge < -0.3 is 9.64 Å². The number of nitrogens with zero attached hydrogens (tertiary/aromatic N) is 1. The summed E-state index contributed by atoms with van der Waals surface area (Å²) in [6.45, 7) is 5.65. The molecule has 0 spiro atoms. The lowest BCUT2D eigenvalue weighted by molar-refractivity contribution is -0.120. The van der Waals surface area contributed by atoms with Crippen molar-refractivity contribution in [3.05, 3.63) is 54.1 Å². The number of rotatable bonds is 7. The first kappa shape index (κ1) is 20.4. The molecule has 0 bridgehead atoms. The molecular weight excluding hydrogens is 376 g/mol. The van der Waals surface area contributed by atoms with E-state index in [1.807, 2.05) is 45.0 Å². The zero-order valence-corrected chi connectivity index (χ0v) is 17.2. The van der Waals surface area contributed by atoms with Crippen LogP contribution in [0.4, 0.5) is 5.69 Å². The molecule has 6 nitrogen and oxygen atoms in total. The van der Waals surface area contributed by atoms with E-state index in [0.717, 1.165) is 17.7 Å². The van der Waals surface area contributed by atoms with Crippen molar-refractivity contribution >= 4 is 21.6 Å². The number of carbonyl (C=O) groups is 1. The number of fused-ring (bicyclic) bond motifs is 1. The first-order valence-corrected chi connectivity index (χ1v) is 10.9. The van der Waals surface area contributed by atoms with Gasteiger partial charge in [-0.1, -0.05) is 25.1 Å². The van der Waals surface area contributed by atoms with E-state index < -0.39 is 10.0 Å². The highest BCUT2D eigenvalue weighted by Gasteiger charge is 2.30. The number of hydrogen-bond acceptors (Lipinski definition) is 4. The third kappa shape index (κ3) is 4.36. The second-order valence-corrected chi connectivity index (χ2v) is 8.85. The fraction of sp³-hybridized carbons (Fsp3) is 0.381. The predicted molar refractivity (Wildman–Crippen MR) is 109 cm³/mol. The monoisotopic (exact) mass is 402 g/mol. The Morgan fingerprint density at radius 3 is 2.57 bits per heavy atom. The van der Waals surface area contributed by atoms with Gasteiger partial charge in [-0.05, 0) is 62.6 Å². The largest absolute Gasteiger partial charge is 0.484 e. The summed E-state index contributed by atoms with van der Waals surface area (Å²) in [6.07, 6.45) is 1.54. The van der Waals surface area contributed by atoms with Crippen molar-refractivity contribution in [1.82, 2.24) is 4.72 Å². The first-order valence-electron chi connectivity index (χ1n) is 9.47. The van der Waals surface area contributed by atoms with Gasteiger partial charge in [0.25, 0.3) is 5.91 Å². The molecule has 3 rings (SSSR count). The maximum Gasteiger partial charge on any atom is 0.265 e. The molecule has 150 valence electrons. The third-order valence-electron chi connectivity index (χ3n) is 4.94. The van der Waals surface area contributed by atoms with E-state index in [1.54, 1.807) is 17.0 Å². The van der Waals surface area contributed by atoms with Crippen LogP contribution in [0.1, 0.15) is 32.8 Å². The Morgan fingerprint density at radius 2 is 1.89 bits per heavy atom. The Hall–Kier alpha value is -2.38. The van der Waals surface area contributed by atoms with E-state index in [0.29, 0.717) is 12.2 Å². The summed E-state index contributed by atoms with van der Waals surface area (Å²) >= 11 is 0. The number of hydrogen-bond donors (Lipinski definition) is 1. The summed E-state index contributed by atoms with van der Waals surface area (Å²) in [5.74, 6) is 0.337. The molecule has 1 aliphatic rings. The minimum Gasteiger partial charge on any atom is -0.484 e. The fourth-order valence-corrected chi connectivity index (χ4v) is 4.62. The Labute approximate surface area is 166 Å². The molecule has 1 amide bonds. The lowest BCUT2D eigenvalue weighted by Crippen LogP contribution is -2.39. The summed E-state index contributed by atoms with van der Waals surface area (Å²) in [6, 6.07) is 13.9.